The number of amides is 1. The maximum absolute atomic E-state index is 13.0. The number of rotatable bonds is 7. The van der Waals surface area contributed by atoms with Gasteiger partial charge in [0.05, 0.1) is 16.0 Å². The van der Waals surface area contributed by atoms with Gasteiger partial charge in [-0.2, -0.15) is 4.31 Å². The van der Waals surface area contributed by atoms with Crippen LogP contribution in [0.1, 0.15) is 31.9 Å². The molecule has 0 atom stereocenters. The number of anilines is 1. The Kier molecular flexibility index (Phi) is 5.25. The van der Waals surface area contributed by atoms with Gasteiger partial charge >= 0.3 is 0 Å². The predicted octanol–water partition coefficient (Wildman–Crippen LogP) is 3.00. The molecule has 0 saturated heterocycles. The first-order chi connectivity index (χ1) is 11.6. The molecule has 1 aliphatic heterocycles. The van der Waals surface area contributed by atoms with Crippen LogP contribution in [0.3, 0.4) is 0 Å². The van der Waals surface area contributed by atoms with Crippen LogP contribution in [-0.2, 0) is 20.2 Å². The van der Waals surface area contributed by atoms with Crippen molar-refractivity contribution in [2.75, 3.05) is 24.5 Å². The summed E-state index contributed by atoms with van der Waals surface area (Å²) in [6.07, 6.45) is 3.10. The fourth-order valence-corrected chi connectivity index (χ4v) is 4.79. The first kappa shape index (κ1) is 19.4. The van der Waals surface area contributed by atoms with Gasteiger partial charge in [0.2, 0.25) is 15.9 Å². The SMILES string of the molecule is C=CCN(CC=C)S(=O)(=O)c1cc(C)c2c(c1)C(C)(C)C(=O)N2CC. The van der Waals surface area contributed by atoms with Crippen LogP contribution in [0.5, 0.6) is 0 Å². The molecule has 0 saturated carbocycles. The van der Waals surface area contributed by atoms with Crippen LogP contribution >= 0.6 is 0 Å². The summed E-state index contributed by atoms with van der Waals surface area (Å²) < 4.78 is 27.4. The second-order valence-electron chi connectivity index (χ2n) is 6.71. The molecule has 136 valence electrons. The van der Waals surface area contributed by atoms with Crippen molar-refractivity contribution in [3.05, 3.63) is 48.6 Å². The van der Waals surface area contributed by atoms with Crippen molar-refractivity contribution in [1.82, 2.24) is 4.31 Å². The Hall–Kier alpha value is -1.92. The lowest BCUT2D eigenvalue weighted by atomic mass is 9.85. The number of likely N-dealkylation sites (N-methyl/N-ethyl adjacent to an activating group) is 1. The van der Waals surface area contributed by atoms with E-state index in [2.05, 4.69) is 13.2 Å². The maximum Gasteiger partial charge on any atom is 0.243 e. The zero-order valence-corrected chi connectivity index (χ0v) is 16.2. The summed E-state index contributed by atoms with van der Waals surface area (Å²) in [5.74, 6) is -0.00307. The molecule has 0 aliphatic carbocycles. The smallest absolute Gasteiger partial charge is 0.243 e. The van der Waals surface area contributed by atoms with Gasteiger partial charge in [0, 0.05) is 19.6 Å². The zero-order valence-electron chi connectivity index (χ0n) is 15.4. The molecule has 5 nitrogen and oxygen atoms in total. The molecule has 0 radical (unpaired) electrons. The number of hydrogen-bond acceptors (Lipinski definition) is 3. The Morgan fingerprint density at radius 3 is 2.24 bits per heavy atom. The van der Waals surface area contributed by atoms with E-state index in [1.165, 1.54) is 4.31 Å². The molecule has 2 rings (SSSR count). The van der Waals surface area contributed by atoms with Crippen LogP contribution < -0.4 is 4.90 Å². The molecule has 1 amide bonds. The molecule has 0 fully saturated rings. The monoisotopic (exact) mass is 362 g/mol. The third-order valence-electron chi connectivity index (χ3n) is 4.62. The summed E-state index contributed by atoms with van der Waals surface area (Å²) in [6.45, 7) is 15.7. The van der Waals surface area contributed by atoms with Crippen molar-refractivity contribution < 1.29 is 13.2 Å². The van der Waals surface area contributed by atoms with Gasteiger partial charge in [-0.25, -0.2) is 8.42 Å². The molecule has 1 heterocycles. The van der Waals surface area contributed by atoms with Crippen LogP contribution in [0, 0.1) is 6.92 Å². The topological polar surface area (TPSA) is 57.7 Å². The van der Waals surface area contributed by atoms with Crippen LogP contribution in [0.15, 0.2) is 42.3 Å². The highest BCUT2D eigenvalue weighted by molar-refractivity contribution is 7.89. The molecule has 0 spiro atoms. The van der Waals surface area contributed by atoms with Gasteiger partial charge in [-0.1, -0.05) is 12.2 Å². The highest BCUT2D eigenvalue weighted by atomic mass is 32.2. The highest BCUT2D eigenvalue weighted by Gasteiger charge is 2.45. The van der Waals surface area contributed by atoms with E-state index in [0.29, 0.717) is 6.54 Å². The van der Waals surface area contributed by atoms with Gasteiger partial charge < -0.3 is 4.90 Å². The van der Waals surface area contributed by atoms with Gasteiger partial charge in [-0.15, -0.1) is 13.2 Å². The van der Waals surface area contributed by atoms with E-state index in [-0.39, 0.29) is 23.9 Å². The van der Waals surface area contributed by atoms with Gasteiger partial charge in [0.15, 0.2) is 0 Å². The summed E-state index contributed by atoms with van der Waals surface area (Å²) in [5.41, 5.74) is 1.63. The molecular weight excluding hydrogens is 336 g/mol. The Morgan fingerprint density at radius 2 is 1.76 bits per heavy atom. The quantitative estimate of drug-likeness (QED) is 0.701. The van der Waals surface area contributed by atoms with Gasteiger partial charge in [0.1, 0.15) is 0 Å². The first-order valence-electron chi connectivity index (χ1n) is 8.31. The summed E-state index contributed by atoms with van der Waals surface area (Å²) in [5, 5.41) is 0. The van der Waals surface area contributed by atoms with Crippen molar-refractivity contribution in [3.8, 4) is 0 Å². The standard InChI is InChI=1S/C19H26N2O3S/c1-7-10-20(11-8-2)25(23,24)15-12-14(4)17-16(13-15)19(5,6)18(22)21(17)9-3/h7-8,12-13H,1-2,9-11H2,3-6H3. The van der Waals surface area contributed by atoms with E-state index in [0.717, 1.165) is 16.8 Å². The van der Waals surface area contributed by atoms with Crippen molar-refractivity contribution in [2.45, 2.75) is 38.0 Å². The van der Waals surface area contributed by atoms with E-state index < -0.39 is 15.4 Å². The van der Waals surface area contributed by atoms with Gasteiger partial charge in [-0.3, -0.25) is 4.79 Å². The van der Waals surface area contributed by atoms with E-state index in [1.54, 1.807) is 29.2 Å². The lowest BCUT2D eigenvalue weighted by molar-refractivity contribution is -0.122. The average molecular weight is 362 g/mol. The van der Waals surface area contributed by atoms with Crippen LogP contribution in [0.2, 0.25) is 0 Å². The molecule has 0 N–H and O–H groups in total. The van der Waals surface area contributed by atoms with Crippen molar-refractivity contribution in [1.29, 1.82) is 0 Å². The molecule has 1 aliphatic rings. The second kappa shape index (κ2) is 6.77. The molecule has 1 aromatic carbocycles. The van der Waals surface area contributed by atoms with Crippen LogP contribution in [0.25, 0.3) is 0 Å². The minimum atomic E-state index is -3.70. The molecule has 0 aromatic heterocycles. The minimum Gasteiger partial charge on any atom is -0.311 e. The molecule has 6 heteroatoms. The Morgan fingerprint density at radius 1 is 1.20 bits per heavy atom. The van der Waals surface area contributed by atoms with E-state index >= 15 is 0 Å². The third-order valence-corrected chi connectivity index (χ3v) is 6.43. The number of fused-ring (bicyclic) bond motifs is 1. The van der Waals surface area contributed by atoms with E-state index in [9.17, 15) is 13.2 Å². The predicted molar refractivity (Wildman–Crippen MR) is 101 cm³/mol. The van der Waals surface area contributed by atoms with Gasteiger partial charge in [-0.05, 0) is 51.0 Å². The third kappa shape index (κ3) is 3.04. The lowest BCUT2D eigenvalue weighted by Gasteiger charge is -2.22. The maximum atomic E-state index is 13.0. The fraction of sp³-hybridized carbons (Fsp3) is 0.421. The number of aryl methyl sites for hydroxylation is 1. The molecule has 0 unspecified atom stereocenters. The molecule has 25 heavy (non-hydrogen) atoms. The Bertz CT molecular complexity index is 815. The van der Waals surface area contributed by atoms with Crippen LogP contribution in [0.4, 0.5) is 5.69 Å². The summed E-state index contributed by atoms with van der Waals surface area (Å²) in [4.78, 5) is 14.6. The average Bonchev–Trinajstić information content (AvgIpc) is 2.74. The zero-order chi connectivity index (χ0) is 19.0. The van der Waals surface area contributed by atoms with Crippen molar-refractivity contribution >= 4 is 21.6 Å². The van der Waals surface area contributed by atoms with Crippen molar-refractivity contribution in [3.63, 3.8) is 0 Å². The summed E-state index contributed by atoms with van der Waals surface area (Å²) in [7, 11) is -3.70. The number of carbonyl (C=O) groups excluding carboxylic acids is 1. The number of benzene rings is 1. The van der Waals surface area contributed by atoms with Gasteiger partial charge in [0.25, 0.3) is 0 Å². The van der Waals surface area contributed by atoms with E-state index in [4.69, 9.17) is 0 Å². The minimum absolute atomic E-state index is 0.00307. The van der Waals surface area contributed by atoms with Crippen LogP contribution in [-0.4, -0.2) is 38.3 Å². The molecule has 1 aromatic rings. The summed E-state index contributed by atoms with van der Waals surface area (Å²) >= 11 is 0. The lowest BCUT2D eigenvalue weighted by Crippen LogP contribution is -2.36. The number of sulfonamides is 1. The Balaban J connectivity index is 2.66. The number of carbonyl (C=O) groups is 1. The first-order valence-corrected chi connectivity index (χ1v) is 9.75. The molecule has 0 bridgehead atoms. The number of nitrogens with zero attached hydrogens (tertiary/aromatic N) is 2. The number of hydrogen-bond donors (Lipinski definition) is 0. The second-order valence-corrected chi connectivity index (χ2v) is 8.65. The van der Waals surface area contributed by atoms with E-state index in [1.807, 2.05) is 27.7 Å². The largest absolute Gasteiger partial charge is 0.311 e. The Labute approximate surface area is 150 Å². The normalized spacial score (nSPS) is 16.2. The highest BCUT2D eigenvalue weighted by Crippen LogP contribution is 2.44. The molecular formula is C19H26N2O3S. The fourth-order valence-electron chi connectivity index (χ4n) is 3.29. The van der Waals surface area contributed by atoms with Crippen molar-refractivity contribution in [2.24, 2.45) is 0 Å². The summed E-state index contributed by atoms with van der Waals surface area (Å²) in [6, 6.07) is 3.29.